The molecule has 1 aliphatic carbocycles. The number of anilines is 1. The van der Waals surface area contributed by atoms with Gasteiger partial charge in [0.15, 0.2) is 0 Å². The molecule has 0 radical (unpaired) electrons. The van der Waals surface area contributed by atoms with E-state index in [1.807, 2.05) is 12.1 Å². The Kier molecular flexibility index (Phi) is 6.15. The van der Waals surface area contributed by atoms with E-state index in [2.05, 4.69) is 33.8 Å². The number of nitrogens with one attached hydrogen (secondary N) is 2. The number of nitrogens with zero attached hydrogens (tertiary/aromatic N) is 1. The molecule has 1 amide bonds. The number of hydrogen-bond acceptors (Lipinski definition) is 3. The topological polar surface area (TPSA) is 57.4 Å². The standard InChI is InChI=1S/C24H26F3N3O2/c1-3-30(4-2)16-10-12-21-19(14-16)18-13-15(9-11-20(18)29-21)28-23(31)17-7-5-6-8-22(17)32-24(25,26)27/h5-9,11,13,16,29H,3-4,10,12,14H2,1-2H3,(H,28,31). The molecular weight excluding hydrogens is 419 g/mol. The van der Waals surface area contributed by atoms with Gasteiger partial charge in [0.2, 0.25) is 0 Å². The second-order valence-electron chi connectivity index (χ2n) is 7.96. The van der Waals surface area contributed by atoms with E-state index >= 15 is 0 Å². The van der Waals surface area contributed by atoms with Crippen LogP contribution in [0.25, 0.3) is 10.9 Å². The van der Waals surface area contributed by atoms with E-state index in [-0.39, 0.29) is 5.56 Å². The second kappa shape index (κ2) is 8.86. The molecule has 1 atom stereocenters. The lowest BCUT2D eigenvalue weighted by Crippen LogP contribution is -2.38. The molecule has 170 valence electrons. The van der Waals surface area contributed by atoms with Gasteiger partial charge in [-0.15, -0.1) is 13.2 Å². The molecule has 4 rings (SSSR count). The van der Waals surface area contributed by atoms with Crippen molar-refractivity contribution in [1.29, 1.82) is 0 Å². The van der Waals surface area contributed by atoms with Gasteiger partial charge in [-0.3, -0.25) is 4.79 Å². The third-order valence-electron chi connectivity index (χ3n) is 6.11. The van der Waals surface area contributed by atoms with Crippen molar-refractivity contribution in [2.45, 2.75) is 45.5 Å². The van der Waals surface area contributed by atoms with E-state index in [9.17, 15) is 18.0 Å². The maximum absolute atomic E-state index is 12.7. The molecule has 2 aromatic carbocycles. The molecule has 0 spiro atoms. The van der Waals surface area contributed by atoms with Gasteiger partial charge in [0.1, 0.15) is 5.75 Å². The van der Waals surface area contributed by atoms with Crippen molar-refractivity contribution in [3.8, 4) is 5.75 Å². The highest BCUT2D eigenvalue weighted by Crippen LogP contribution is 2.33. The van der Waals surface area contributed by atoms with Gasteiger partial charge < -0.3 is 19.9 Å². The van der Waals surface area contributed by atoms with Crippen LogP contribution in [0.1, 0.15) is 41.9 Å². The molecule has 0 saturated carbocycles. The lowest BCUT2D eigenvalue weighted by atomic mass is 9.90. The van der Waals surface area contributed by atoms with Crippen molar-refractivity contribution in [3.05, 3.63) is 59.3 Å². The number of amides is 1. The summed E-state index contributed by atoms with van der Waals surface area (Å²) in [5.74, 6) is -1.19. The molecule has 1 unspecified atom stereocenters. The largest absolute Gasteiger partial charge is 0.573 e. The van der Waals surface area contributed by atoms with Crippen molar-refractivity contribution >= 4 is 22.5 Å². The Bertz CT molecular complexity index is 1120. The summed E-state index contributed by atoms with van der Waals surface area (Å²) in [6.45, 7) is 6.34. The second-order valence-corrected chi connectivity index (χ2v) is 7.96. The fraction of sp³-hybridized carbons (Fsp3) is 0.375. The smallest absolute Gasteiger partial charge is 0.405 e. The van der Waals surface area contributed by atoms with E-state index < -0.39 is 18.0 Å². The van der Waals surface area contributed by atoms with Crippen LogP contribution in [0.3, 0.4) is 0 Å². The minimum atomic E-state index is -4.87. The van der Waals surface area contributed by atoms with E-state index in [0.29, 0.717) is 11.7 Å². The SMILES string of the molecule is CCN(CC)C1CCc2[nH]c3ccc(NC(=O)c4ccccc4OC(F)(F)F)cc3c2C1. The predicted molar refractivity (Wildman–Crippen MR) is 118 cm³/mol. The van der Waals surface area contributed by atoms with Crippen LogP contribution in [0.2, 0.25) is 0 Å². The number of hydrogen-bond donors (Lipinski definition) is 2. The lowest BCUT2D eigenvalue weighted by molar-refractivity contribution is -0.274. The molecule has 1 aliphatic rings. The summed E-state index contributed by atoms with van der Waals surface area (Å²) in [6.07, 6.45) is -1.88. The number of ether oxygens (including phenoxy) is 1. The van der Waals surface area contributed by atoms with Crippen LogP contribution in [0, 0.1) is 0 Å². The normalized spacial score (nSPS) is 16.2. The molecule has 8 heteroatoms. The molecular formula is C24H26F3N3O2. The molecule has 32 heavy (non-hydrogen) atoms. The van der Waals surface area contributed by atoms with Crippen molar-refractivity contribution < 1.29 is 22.7 Å². The summed E-state index contributed by atoms with van der Waals surface area (Å²) < 4.78 is 42.1. The number of carbonyl (C=O) groups is 1. The number of likely N-dealkylation sites (N-methyl/N-ethyl adjacent to an activating group) is 1. The number of aromatic amines is 1. The minimum absolute atomic E-state index is 0.178. The first-order valence-corrected chi connectivity index (χ1v) is 10.8. The molecule has 2 N–H and O–H groups in total. The minimum Gasteiger partial charge on any atom is -0.405 e. The lowest BCUT2D eigenvalue weighted by Gasteiger charge is -2.32. The third-order valence-corrected chi connectivity index (χ3v) is 6.11. The molecule has 0 fully saturated rings. The molecule has 1 heterocycles. The third kappa shape index (κ3) is 4.60. The zero-order chi connectivity index (χ0) is 22.9. The maximum Gasteiger partial charge on any atom is 0.573 e. The Balaban J connectivity index is 1.59. The maximum atomic E-state index is 12.7. The summed E-state index contributed by atoms with van der Waals surface area (Å²) in [5, 5.41) is 3.76. The highest BCUT2D eigenvalue weighted by Gasteiger charge is 2.33. The highest BCUT2D eigenvalue weighted by molar-refractivity contribution is 6.07. The number of carbonyl (C=O) groups excluding carboxylic acids is 1. The molecule has 1 aromatic heterocycles. The summed E-state index contributed by atoms with van der Waals surface area (Å²) in [7, 11) is 0. The summed E-state index contributed by atoms with van der Waals surface area (Å²) in [4.78, 5) is 18.7. The van der Waals surface area contributed by atoms with Crippen LogP contribution in [-0.4, -0.2) is 41.3 Å². The van der Waals surface area contributed by atoms with E-state index in [0.717, 1.165) is 49.3 Å². The van der Waals surface area contributed by atoms with Crippen LogP contribution in [0.4, 0.5) is 18.9 Å². The van der Waals surface area contributed by atoms with Crippen LogP contribution < -0.4 is 10.1 Å². The summed E-state index contributed by atoms with van der Waals surface area (Å²) in [6, 6.07) is 11.3. The Morgan fingerprint density at radius 2 is 1.94 bits per heavy atom. The average Bonchev–Trinajstić information content (AvgIpc) is 3.11. The summed E-state index contributed by atoms with van der Waals surface area (Å²) >= 11 is 0. The number of para-hydroxylation sites is 1. The van der Waals surface area contributed by atoms with Gasteiger partial charge in [-0.25, -0.2) is 0 Å². The predicted octanol–water partition coefficient (Wildman–Crippen LogP) is 5.52. The van der Waals surface area contributed by atoms with Crippen molar-refractivity contribution in [3.63, 3.8) is 0 Å². The molecule has 5 nitrogen and oxygen atoms in total. The number of rotatable bonds is 6. The van der Waals surface area contributed by atoms with Gasteiger partial charge in [0.25, 0.3) is 5.91 Å². The fourth-order valence-corrected chi connectivity index (χ4v) is 4.59. The Labute approximate surface area is 184 Å². The van der Waals surface area contributed by atoms with Gasteiger partial charge in [-0.1, -0.05) is 26.0 Å². The van der Waals surface area contributed by atoms with Crippen LogP contribution in [0.5, 0.6) is 5.75 Å². The molecule has 0 saturated heterocycles. The number of alkyl halides is 3. The fourth-order valence-electron chi connectivity index (χ4n) is 4.59. The van der Waals surface area contributed by atoms with E-state index in [1.165, 1.54) is 29.5 Å². The van der Waals surface area contributed by atoms with E-state index in [4.69, 9.17) is 0 Å². The van der Waals surface area contributed by atoms with Gasteiger partial charge in [-0.2, -0.15) is 0 Å². The van der Waals surface area contributed by atoms with Crippen molar-refractivity contribution in [2.24, 2.45) is 0 Å². The van der Waals surface area contributed by atoms with Gasteiger partial charge in [0.05, 0.1) is 5.56 Å². The first kappa shape index (κ1) is 22.2. The zero-order valence-corrected chi connectivity index (χ0v) is 18.1. The van der Waals surface area contributed by atoms with Crippen molar-refractivity contribution in [2.75, 3.05) is 18.4 Å². The van der Waals surface area contributed by atoms with Gasteiger partial charge in [-0.05, 0) is 68.2 Å². The number of halogens is 3. The van der Waals surface area contributed by atoms with Gasteiger partial charge in [0, 0.05) is 28.3 Å². The number of aryl methyl sites for hydroxylation is 1. The number of fused-ring (bicyclic) bond motifs is 3. The Morgan fingerprint density at radius 1 is 1.19 bits per heavy atom. The zero-order valence-electron chi connectivity index (χ0n) is 18.1. The first-order valence-electron chi connectivity index (χ1n) is 10.8. The quantitative estimate of drug-likeness (QED) is 0.526. The molecule has 0 bridgehead atoms. The van der Waals surface area contributed by atoms with Gasteiger partial charge >= 0.3 is 6.36 Å². The van der Waals surface area contributed by atoms with Crippen LogP contribution in [-0.2, 0) is 12.8 Å². The molecule has 0 aliphatic heterocycles. The Hall–Kier alpha value is -3.00. The van der Waals surface area contributed by atoms with Crippen LogP contribution in [0.15, 0.2) is 42.5 Å². The van der Waals surface area contributed by atoms with E-state index in [1.54, 1.807) is 6.07 Å². The number of aromatic nitrogens is 1. The number of benzene rings is 2. The van der Waals surface area contributed by atoms with Crippen molar-refractivity contribution in [1.82, 2.24) is 9.88 Å². The molecule has 3 aromatic rings. The first-order chi connectivity index (χ1) is 15.3. The highest BCUT2D eigenvalue weighted by atomic mass is 19.4. The van der Waals surface area contributed by atoms with Crippen LogP contribution >= 0.6 is 0 Å². The number of H-pyrrole nitrogens is 1. The Morgan fingerprint density at radius 3 is 2.66 bits per heavy atom. The average molecular weight is 445 g/mol. The monoisotopic (exact) mass is 445 g/mol. The summed E-state index contributed by atoms with van der Waals surface area (Å²) in [5.41, 5.74) is 3.81.